The van der Waals surface area contributed by atoms with Gasteiger partial charge in [0.25, 0.3) is 5.91 Å². The number of nitrogens with one attached hydrogen (secondary N) is 1. The zero-order valence-corrected chi connectivity index (χ0v) is 13.6. The zero-order valence-electron chi connectivity index (χ0n) is 11.9. The van der Waals surface area contributed by atoms with Crippen LogP contribution in [0.3, 0.4) is 0 Å². The van der Waals surface area contributed by atoms with Crippen molar-refractivity contribution in [2.45, 2.75) is 32.7 Å². The Morgan fingerprint density at radius 3 is 3.10 bits per heavy atom. The normalized spacial score (nSPS) is 11.6. The number of carbonyl (C=O) groups is 1. The van der Waals surface area contributed by atoms with Crippen molar-refractivity contribution in [2.75, 3.05) is 18.1 Å². The van der Waals surface area contributed by atoms with Gasteiger partial charge in [-0.2, -0.15) is 11.8 Å². The van der Waals surface area contributed by atoms with Gasteiger partial charge in [-0.25, -0.2) is 0 Å². The van der Waals surface area contributed by atoms with Gasteiger partial charge in [0.2, 0.25) is 0 Å². The molecule has 0 saturated heterocycles. The van der Waals surface area contributed by atoms with Gasteiger partial charge in [0, 0.05) is 18.0 Å². The molecule has 0 bridgehead atoms. The first kappa shape index (κ1) is 17.1. The second-order valence-corrected chi connectivity index (χ2v) is 6.61. The number of hydrogen-bond donors (Lipinski definition) is 2. The lowest BCUT2D eigenvalue weighted by Crippen LogP contribution is -2.32. The maximum Gasteiger partial charge on any atom is 0.262 e. The number of rotatable bonds is 7. The van der Waals surface area contributed by atoms with E-state index >= 15 is 0 Å². The predicted octanol–water partition coefficient (Wildman–Crippen LogP) is 2.74. The molecule has 0 aliphatic heterocycles. The lowest BCUT2D eigenvalue weighted by molar-refractivity contribution is 0.0943. The molecule has 0 radical (unpaired) electrons. The number of thioether (sulfide) groups is 1. The molecule has 5 heteroatoms. The first-order chi connectivity index (χ1) is 9.69. The quantitative estimate of drug-likeness (QED) is 0.601. The van der Waals surface area contributed by atoms with E-state index in [0.717, 1.165) is 23.5 Å². The van der Waals surface area contributed by atoms with Crippen LogP contribution in [0.5, 0.6) is 0 Å². The Kier molecular flexibility index (Phi) is 8.43. The largest absolute Gasteiger partial charge is 0.395 e. The smallest absolute Gasteiger partial charge is 0.262 e. The molecule has 1 atom stereocenters. The van der Waals surface area contributed by atoms with E-state index in [-0.39, 0.29) is 18.6 Å². The molecule has 0 saturated carbocycles. The Morgan fingerprint density at radius 2 is 2.40 bits per heavy atom. The Hall–Kier alpha value is -0.960. The average molecular weight is 311 g/mol. The van der Waals surface area contributed by atoms with Crippen molar-refractivity contribution >= 4 is 29.0 Å². The Bertz CT molecular complexity index is 474. The van der Waals surface area contributed by atoms with Crippen LogP contribution in [0.2, 0.25) is 0 Å². The van der Waals surface area contributed by atoms with E-state index in [1.54, 1.807) is 0 Å². The Morgan fingerprint density at radius 1 is 1.60 bits per heavy atom. The van der Waals surface area contributed by atoms with Gasteiger partial charge in [0.1, 0.15) is 4.88 Å². The minimum atomic E-state index is -0.0534. The third-order valence-electron chi connectivity index (χ3n) is 2.61. The van der Waals surface area contributed by atoms with Gasteiger partial charge in [-0.15, -0.1) is 11.3 Å². The number of aliphatic hydroxyl groups is 1. The van der Waals surface area contributed by atoms with Crippen LogP contribution in [0.25, 0.3) is 0 Å². The van der Waals surface area contributed by atoms with Gasteiger partial charge in [-0.1, -0.05) is 18.8 Å². The summed E-state index contributed by atoms with van der Waals surface area (Å²) in [5, 5.41) is 13.6. The van der Waals surface area contributed by atoms with Crippen LogP contribution in [-0.2, 0) is 0 Å². The number of aliphatic hydroxyl groups excluding tert-OH is 1. The zero-order chi connectivity index (χ0) is 14.8. The second kappa shape index (κ2) is 9.87. The van der Waals surface area contributed by atoms with Crippen molar-refractivity contribution in [1.29, 1.82) is 0 Å². The van der Waals surface area contributed by atoms with E-state index in [1.165, 1.54) is 11.3 Å². The van der Waals surface area contributed by atoms with Crippen molar-refractivity contribution < 1.29 is 9.90 Å². The molecule has 1 heterocycles. The van der Waals surface area contributed by atoms with Crippen LogP contribution in [0.15, 0.2) is 11.4 Å². The SMILES string of the molecule is CCSCCC(C)NC(=O)c1sccc1C#CCCO. The molecule has 1 unspecified atom stereocenters. The molecule has 3 nitrogen and oxygen atoms in total. The van der Waals surface area contributed by atoms with Crippen molar-refractivity contribution in [3.8, 4) is 11.8 Å². The predicted molar refractivity (Wildman–Crippen MR) is 87.4 cm³/mol. The Labute approximate surface area is 129 Å². The lowest BCUT2D eigenvalue weighted by Gasteiger charge is -2.12. The highest BCUT2D eigenvalue weighted by Crippen LogP contribution is 2.16. The molecule has 0 fully saturated rings. The Balaban J connectivity index is 2.55. The van der Waals surface area contributed by atoms with Gasteiger partial charge in [-0.05, 0) is 36.3 Å². The fraction of sp³-hybridized carbons (Fsp3) is 0.533. The van der Waals surface area contributed by atoms with E-state index in [4.69, 9.17) is 5.11 Å². The molecule has 2 N–H and O–H groups in total. The molecular weight excluding hydrogens is 290 g/mol. The molecular formula is C15H21NO2S2. The van der Waals surface area contributed by atoms with Gasteiger partial charge in [0.15, 0.2) is 0 Å². The average Bonchev–Trinajstić information content (AvgIpc) is 2.88. The van der Waals surface area contributed by atoms with E-state index in [9.17, 15) is 4.79 Å². The molecule has 0 aliphatic carbocycles. The van der Waals surface area contributed by atoms with E-state index in [0.29, 0.717) is 11.3 Å². The number of thiophene rings is 1. The number of amides is 1. The van der Waals surface area contributed by atoms with Crippen LogP contribution in [0, 0.1) is 11.8 Å². The van der Waals surface area contributed by atoms with Gasteiger partial charge >= 0.3 is 0 Å². The van der Waals surface area contributed by atoms with Crippen molar-refractivity contribution in [1.82, 2.24) is 5.32 Å². The fourth-order valence-electron chi connectivity index (χ4n) is 1.56. The summed E-state index contributed by atoms with van der Waals surface area (Å²) in [6, 6.07) is 2.02. The summed E-state index contributed by atoms with van der Waals surface area (Å²) in [5.74, 6) is 7.90. The summed E-state index contributed by atoms with van der Waals surface area (Å²) in [5.41, 5.74) is 0.746. The van der Waals surface area contributed by atoms with Crippen molar-refractivity contribution in [3.63, 3.8) is 0 Å². The summed E-state index contributed by atoms with van der Waals surface area (Å²) in [6.45, 7) is 4.21. The lowest BCUT2D eigenvalue weighted by atomic mass is 10.2. The standard InChI is InChI=1S/C15H21NO2S2/c1-3-19-10-7-12(2)16-15(18)14-13(8-11-20-14)6-4-5-9-17/h8,11-12,17H,3,5,7,9-10H2,1-2H3,(H,16,18). The molecule has 1 aromatic rings. The van der Waals surface area contributed by atoms with Crippen molar-refractivity contribution in [2.24, 2.45) is 0 Å². The summed E-state index contributed by atoms with van der Waals surface area (Å²) in [6.07, 6.45) is 1.41. The van der Waals surface area contributed by atoms with Crippen molar-refractivity contribution in [3.05, 3.63) is 21.9 Å². The monoisotopic (exact) mass is 311 g/mol. The summed E-state index contributed by atoms with van der Waals surface area (Å²) < 4.78 is 0. The highest BCUT2D eigenvalue weighted by Gasteiger charge is 2.14. The maximum atomic E-state index is 12.2. The van der Waals surface area contributed by atoms with E-state index in [1.807, 2.05) is 30.1 Å². The molecule has 1 aromatic heterocycles. The first-order valence-electron chi connectivity index (χ1n) is 6.74. The highest BCUT2D eigenvalue weighted by molar-refractivity contribution is 7.99. The molecule has 1 amide bonds. The van der Waals surface area contributed by atoms with Crippen LogP contribution in [0.4, 0.5) is 0 Å². The summed E-state index contributed by atoms with van der Waals surface area (Å²) >= 11 is 3.29. The van der Waals surface area contributed by atoms with Gasteiger partial charge in [-0.3, -0.25) is 4.79 Å². The number of carbonyl (C=O) groups excluding carboxylic acids is 1. The van der Waals surface area contributed by atoms with Crippen LogP contribution in [0.1, 0.15) is 41.9 Å². The minimum absolute atomic E-state index is 0.0464. The molecule has 20 heavy (non-hydrogen) atoms. The van der Waals surface area contributed by atoms with Gasteiger partial charge in [0.05, 0.1) is 6.61 Å². The molecule has 0 spiro atoms. The third-order valence-corrected chi connectivity index (χ3v) is 4.45. The second-order valence-electron chi connectivity index (χ2n) is 4.30. The first-order valence-corrected chi connectivity index (χ1v) is 8.78. The topological polar surface area (TPSA) is 49.3 Å². The maximum absolute atomic E-state index is 12.2. The molecule has 0 aromatic carbocycles. The van der Waals surface area contributed by atoms with E-state index in [2.05, 4.69) is 24.1 Å². The third kappa shape index (κ3) is 6.00. The minimum Gasteiger partial charge on any atom is -0.395 e. The molecule has 0 aliphatic rings. The molecule has 1 rings (SSSR count). The number of hydrogen-bond acceptors (Lipinski definition) is 4. The highest BCUT2D eigenvalue weighted by atomic mass is 32.2. The molecule has 110 valence electrons. The van der Waals surface area contributed by atoms with E-state index < -0.39 is 0 Å². The van der Waals surface area contributed by atoms with Crippen LogP contribution < -0.4 is 5.32 Å². The van der Waals surface area contributed by atoms with Gasteiger partial charge < -0.3 is 10.4 Å². The van der Waals surface area contributed by atoms with Crippen LogP contribution >= 0.6 is 23.1 Å². The summed E-state index contributed by atoms with van der Waals surface area (Å²) in [7, 11) is 0. The fourth-order valence-corrected chi connectivity index (χ4v) is 3.12. The summed E-state index contributed by atoms with van der Waals surface area (Å²) in [4.78, 5) is 12.8. The van der Waals surface area contributed by atoms with Crippen LogP contribution in [-0.4, -0.2) is 35.2 Å².